The van der Waals surface area contributed by atoms with Crippen molar-refractivity contribution in [3.8, 4) is 11.5 Å². The summed E-state index contributed by atoms with van der Waals surface area (Å²) in [6.45, 7) is 0.636. The molecule has 236 valence electrons. The number of nitrogens with one attached hydrogen (secondary N) is 1. The maximum atomic E-state index is 13.9. The van der Waals surface area contributed by atoms with E-state index >= 15 is 0 Å². The molecule has 3 amide bonds. The van der Waals surface area contributed by atoms with Gasteiger partial charge in [0.25, 0.3) is 5.91 Å². The number of nitrogens with zero attached hydrogens (tertiary/aromatic N) is 3. The summed E-state index contributed by atoms with van der Waals surface area (Å²) in [4.78, 5) is 48.0. The predicted octanol–water partition coefficient (Wildman–Crippen LogP) is 6.18. The highest BCUT2D eigenvalue weighted by Gasteiger charge is 2.40. The standard InChI is InChI=1S/C34H31FN4O6S/c1-43-28-15-12-22(18-29(28)44-2)32(41)38-16-4-9-27(38)31(40)36-24-13-10-21(11-14-24)30-33(42)39(20-26-8-5-17-45-26)34(46-30)37-25-7-3-6-23(35)19-25/h3,5-8,10-15,17-19,27,30H,4,9,16,20H2,1-2H3,(H,36,40)/t27-,30?/m1/s1. The lowest BCUT2D eigenvalue weighted by Crippen LogP contribution is -2.43. The fourth-order valence-corrected chi connectivity index (χ4v) is 6.67. The van der Waals surface area contributed by atoms with E-state index in [2.05, 4.69) is 10.3 Å². The van der Waals surface area contributed by atoms with Crippen LogP contribution in [-0.4, -0.2) is 59.5 Å². The van der Waals surface area contributed by atoms with E-state index in [-0.39, 0.29) is 24.3 Å². The van der Waals surface area contributed by atoms with Crippen molar-refractivity contribution in [1.82, 2.24) is 9.80 Å². The maximum absolute atomic E-state index is 13.9. The van der Waals surface area contributed by atoms with Crippen LogP contribution in [0.25, 0.3) is 0 Å². The zero-order valence-corrected chi connectivity index (χ0v) is 26.0. The van der Waals surface area contributed by atoms with Crippen molar-refractivity contribution in [2.75, 3.05) is 26.1 Å². The van der Waals surface area contributed by atoms with E-state index in [1.165, 1.54) is 49.3 Å². The number of hydrogen-bond acceptors (Lipinski definition) is 8. The van der Waals surface area contributed by atoms with E-state index in [0.717, 1.165) is 0 Å². The summed E-state index contributed by atoms with van der Waals surface area (Å²) in [6.07, 6.45) is 2.77. The lowest BCUT2D eigenvalue weighted by atomic mass is 10.1. The molecule has 0 aliphatic carbocycles. The summed E-state index contributed by atoms with van der Waals surface area (Å²) in [7, 11) is 3.02. The van der Waals surface area contributed by atoms with Crippen molar-refractivity contribution in [2.24, 2.45) is 4.99 Å². The number of methoxy groups -OCH3 is 2. The minimum Gasteiger partial charge on any atom is -0.493 e. The fraction of sp³-hybridized carbons (Fsp3) is 0.235. The molecular weight excluding hydrogens is 611 g/mol. The highest BCUT2D eigenvalue weighted by molar-refractivity contribution is 8.15. The molecule has 2 fully saturated rings. The number of aliphatic imine (C=N–C) groups is 1. The second kappa shape index (κ2) is 13.5. The molecule has 10 nitrogen and oxygen atoms in total. The van der Waals surface area contributed by atoms with Crippen LogP contribution < -0.4 is 14.8 Å². The average Bonchev–Trinajstić information content (AvgIpc) is 3.83. The molecule has 2 atom stereocenters. The van der Waals surface area contributed by atoms with Gasteiger partial charge in [0.2, 0.25) is 11.8 Å². The maximum Gasteiger partial charge on any atom is 0.254 e. The Morgan fingerprint density at radius 3 is 2.54 bits per heavy atom. The van der Waals surface area contributed by atoms with Gasteiger partial charge in [0.1, 0.15) is 22.9 Å². The quantitative estimate of drug-likeness (QED) is 0.232. The first-order chi connectivity index (χ1) is 22.3. The lowest BCUT2D eigenvalue weighted by molar-refractivity contribution is -0.126. The van der Waals surface area contributed by atoms with Crippen LogP contribution >= 0.6 is 11.8 Å². The van der Waals surface area contributed by atoms with Crippen molar-refractivity contribution < 1.29 is 32.7 Å². The Morgan fingerprint density at radius 1 is 1.02 bits per heavy atom. The Bertz CT molecular complexity index is 1780. The monoisotopic (exact) mass is 642 g/mol. The highest BCUT2D eigenvalue weighted by atomic mass is 32.2. The predicted molar refractivity (Wildman–Crippen MR) is 172 cm³/mol. The number of halogens is 1. The first-order valence-corrected chi connectivity index (χ1v) is 15.5. The van der Waals surface area contributed by atoms with E-state index < -0.39 is 17.1 Å². The third-order valence-corrected chi connectivity index (χ3v) is 9.03. The van der Waals surface area contributed by atoms with Gasteiger partial charge in [-0.25, -0.2) is 9.38 Å². The second-order valence-electron chi connectivity index (χ2n) is 10.7. The summed E-state index contributed by atoms with van der Waals surface area (Å²) in [5.41, 5.74) is 2.05. The van der Waals surface area contributed by atoms with Crippen LogP contribution in [0.1, 0.15) is 39.8 Å². The summed E-state index contributed by atoms with van der Waals surface area (Å²) in [5.74, 6) is 0.364. The van der Waals surface area contributed by atoms with E-state index in [1.807, 2.05) is 0 Å². The zero-order valence-electron chi connectivity index (χ0n) is 25.1. The SMILES string of the molecule is COc1ccc(C(=O)N2CCC[C@@H]2C(=O)Nc2ccc(C3SC(=Nc4cccc(F)c4)N(Cc4ccco4)C3=O)cc2)cc1OC. The molecule has 4 aromatic rings. The van der Waals surface area contributed by atoms with Crippen molar-refractivity contribution in [3.63, 3.8) is 0 Å². The van der Waals surface area contributed by atoms with Crippen LogP contribution in [-0.2, 0) is 16.1 Å². The highest BCUT2D eigenvalue weighted by Crippen LogP contribution is 2.41. The van der Waals surface area contributed by atoms with Crippen LogP contribution in [0.3, 0.4) is 0 Å². The molecule has 12 heteroatoms. The molecule has 1 aromatic heterocycles. The van der Waals surface area contributed by atoms with E-state index in [9.17, 15) is 18.8 Å². The number of likely N-dealkylation sites (tertiary alicyclic amines) is 1. The summed E-state index contributed by atoms with van der Waals surface area (Å²) >= 11 is 1.26. The molecule has 0 bridgehead atoms. The van der Waals surface area contributed by atoms with Gasteiger partial charge in [-0.15, -0.1) is 0 Å². The Kier molecular flexibility index (Phi) is 9.06. The second-order valence-corrected chi connectivity index (χ2v) is 11.8. The molecular formula is C34H31FN4O6S. The number of ether oxygens (including phenoxy) is 2. The number of amidine groups is 1. The lowest BCUT2D eigenvalue weighted by Gasteiger charge is -2.24. The molecule has 0 radical (unpaired) electrons. The minimum atomic E-state index is -0.635. The van der Waals surface area contributed by atoms with Gasteiger partial charge < -0.3 is 24.1 Å². The third kappa shape index (κ3) is 6.47. The van der Waals surface area contributed by atoms with Gasteiger partial charge in [0.05, 0.1) is 32.7 Å². The van der Waals surface area contributed by atoms with Crippen molar-refractivity contribution in [1.29, 1.82) is 0 Å². The van der Waals surface area contributed by atoms with Gasteiger partial charge in [-0.1, -0.05) is 30.0 Å². The Morgan fingerprint density at radius 2 is 1.83 bits per heavy atom. The molecule has 1 N–H and O–H groups in total. The number of amides is 3. The molecule has 46 heavy (non-hydrogen) atoms. The number of benzene rings is 3. The molecule has 2 saturated heterocycles. The van der Waals surface area contributed by atoms with Crippen LogP contribution in [0.2, 0.25) is 0 Å². The van der Waals surface area contributed by atoms with Gasteiger partial charge in [-0.2, -0.15) is 0 Å². The van der Waals surface area contributed by atoms with Crippen molar-refractivity contribution in [2.45, 2.75) is 30.7 Å². The van der Waals surface area contributed by atoms with E-state index in [4.69, 9.17) is 13.9 Å². The van der Waals surface area contributed by atoms with Crippen LogP contribution in [0.5, 0.6) is 11.5 Å². The number of hydrogen-bond donors (Lipinski definition) is 1. The number of carbonyl (C=O) groups is 3. The van der Waals surface area contributed by atoms with Gasteiger partial charge in [0, 0.05) is 17.8 Å². The van der Waals surface area contributed by atoms with E-state index in [1.54, 1.807) is 71.6 Å². The number of carbonyl (C=O) groups excluding carboxylic acids is 3. The summed E-state index contributed by atoms with van der Waals surface area (Å²) < 4.78 is 29.9. The fourth-order valence-electron chi connectivity index (χ4n) is 5.50. The number of thioether (sulfide) groups is 1. The molecule has 0 spiro atoms. The van der Waals surface area contributed by atoms with Gasteiger partial charge >= 0.3 is 0 Å². The van der Waals surface area contributed by atoms with Gasteiger partial charge in [-0.3, -0.25) is 19.3 Å². The first kappa shape index (κ1) is 30.9. The average molecular weight is 643 g/mol. The number of furan rings is 1. The topological polar surface area (TPSA) is 114 Å². The molecule has 2 aliphatic heterocycles. The molecule has 3 heterocycles. The smallest absolute Gasteiger partial charge is 0.254 e. The normalized spacial score (nSPS) is 18.7. The van der Waals surface area contributed by atoms with Gasteiger partial charge in [0.15, 0.2) is 16.7 Å². The summed E-state index contributed by atoms with van der Waals surface area (Å²) in [6, 6.07) is 20.7. The number of anilines is 1. The summed E-state index contributed by atoms with van der Waals surface area (Å²) in [5, 5.41) is 2.75. The minimum absolute atomic E-state index is 0.178. The molecule has 6 rings (SSSR count). The molecule has 0 saturated carbocycles. The van der Waals surface area contributed by atoms with E-state index in [0.29, 0.717) is 64.3 Å². The van der Waals surface area contributed by atoms with Crippen LogP contribution in [0.4, 0.5) is 15.8 Å². The first-order valence-electron chi connectivity index (χ1n) is 14.6. The molecule has 1 unspecified atom stereocenters. The molecule has 2 aliphatic rings. The third-order valence-electron chi connectivity index (χ3n) is 7.80. The largest absolute Gasteiger partial charge is 0.493 e. The van der Waals surface area contributed by atoms with Crippen molar-refractivity contribution >= 4 is 46.0 Å². The zero-order chi connectivity index (χ0) is 32.2. The van der Waals surface area contributed by atoms with Crippen molar-refractivity contribution in [3.05, 3.63) is 108 Å². The molecule has 3 aromatic carbocycles. The Hall–Kier alpha value is -5.10. The van der Waals surface area contributed by atoms with Crippen LogP contribution in [0, 0.1) is 5.82 Å². The Labute approximate surface area is 269 Å². The van der Waals surface area contributed by atoms with Gasteiger partial charge in [-0.05, 0) is 79.1 Å². The Balaban J connectivity index is 1.16. The van der Waals surface area contributed by atoms with Crippen LogP contribution in [0.15, 0.2) is 94.5 Å². The number of rotatable bonds is 9.